The van der Waals surface area contributed by atoms with Gasteiger partial charge in [-0.05, 0) is 53.9 Å². The van der Waals surface area contributed by atoms with Crippen molar-refractivity contribution in [2.24, 2.45) is 5.10 Å². The van der Waals surface area contributed by atoms with E-state index >= 15 is 0 Å². The maximum absolute atomic E-state index is 6.13. The van der Waals surface area contributed by atoms with E-state index < -0.39 is 0 Å². The SMILES string of the molecule is COc1ccc(/C=N\Nc2ccc(C)c(Cl)c2)cc1OCc1ccccc1. The quantitative estimate of drug-likeness (QED) is 0.423. The van der Waals surface area contributed by atoms with Crippen molar-refractivity contribution in [3.05, 3.63) is 88.4 Å². The molecule has 0 saturated heterocycles. The Balaban J connectivity index is 1.69. The van der Waals surface area contributed by atoms with Gasteiger partial charge in [0.2, 0.25) is 0 Å². The van der Waals surface area contributed by atoms with Crippen molar-refractivity contribution in [1.29, 1.82) is 0 Å². The fraction of sp³-hybridized carbons (Fsp3) is 0.136. The van der Waals surface area contributed by atoms with Gasteiger partial charge >= 0.3 is 0 Å². The first kappa shape index (κ1) is 18.8. The van der Waals surface area contributed by atoms with E-state index in [0.717, 1.165) is 22.4 Å². The molecule has 0 aliphatic rings. The number of benzene rings is 3. The average Bonchev–Trinajstić information content (AvgIpc) is 2.70. The van der Waals surface area contributed by atoms with Crippen LogP contribution < -0.4 is 14.9 Å². The van der Waals surface area contributed by atoms with E-state index in [1.807, 2.05) is 73.7 Å². The minimum atomic E-state index is 0.470. The Morgan fingerprint density at radius 1 is 1.00 bits per heavy atom. The summed E-state index contributed by atoms with van der Waals surface area (Å²) in [5.41, 5.74) is 6.83. The van der Waals surface area contributed by atoms with Crippen LogP contribution in [-0.2, 0) is 6.61 Å². The van der Waals surface area contributed by atoms with Crippen LogP contribution in [0.25, 0.3) is 0 Å². The van der Waals surface area contributed by atoms with E-state index in [2.05, 4.69) is 10.5 Å². The van der Waals surface area contributed by atoms with Crippen LogP contribution in [0.4, 0.5) is 5.69 Å². The zero-order valence-electron chi connectivity index (χ0n) is 15.3. The third-order valence-corrected chi connectivity index (χ3v) is 4.41. The zero-order valence-corrected chi connectivity index (χ0v) is 16.0. The number of hydrazone groups is 1. The summed E-state index contributed by atoms with van der Waals surface area (Å²) in [5.74, 6) is 1.35. The minimum absolute atomic E-state index is 0.470. The van der Waals surface area contributed by atoms with Crippen molar-refractivity contribution < 1.29 is 9.47 Å². The number of rotatable bonds is 7. The molecule has 1 N–H and O–H groups in total. The van der Waals surface area contributed by atoms with Crippen molar-refractivity contribution in [1.82, 2.24) is 0 Å². The van der Waals surface area contributed by atoms with Gasteiger partial charge < -0.3 is 9.47 Å². The fourth-order valence-corrected chi connectivity index (χ4v) is 2.65. The number of anilines is 1. The summed E-state index contributed by atoms with van der Waals surface area (Å²) in [6, 6.07) is 21.4. The molecule has 0 aromatic heterocycles. The molecule has 0 aliphatic heterocycles. The highest BCUT2D eigenvalue weighted by molar-refractivity contribution is 6.31. The molecule has 0 aliphatic carbocycles. The Morgan fingerprint density at radius 3 is 2.56 bits per heavy atom. The Bertz CT molecular complexity index is 927. The van der Waals surface area contributed by atoms with Crippen LogP contribution in [-0.4, -0.2) is 13.3 Å². The number of halogens is 1. The second-order valence-corrected chi connectivity index (χ2v) is 6.43. The lowest BCUT2D eigenvalue weighted by Crippen LogP contribution is -1.99. The summed E-state index contributed by atoms with van der Waals surface area (Å²) in [5, 5.41) is 4.97. The molecule has 0 saturated carbocycles. The van der Waals surface area contributed by atoms with Crippen LogP contribution in [0.1, 0.15) is 16.7 Å². The van der Waals surface area contributed by atoms with E-state index in [4.69, 9.17) is 21.1 Å². The van der Waals surface area contributed by atoms with Crippen molar-refractivity contribution >= 4 is 23.5 Å². The molecule has 138 valence electrons. The predicted octanol–water partition coefficient (Wildman–Crippen LogP) is 5.68. The molecule has 0 heterocycles. The molecule has 0 amide bonds. The smallest absolute Gasteiger partial charge is 0.162 e. The molecule has 0 spiro atoms. The van der Waals surface area contributed by atoms with Gasteiger partial charge in [0, 0.05) is 5.02 Å². The average molecular weight is 381 g/mol. The molecule has 0 fully saturated rings. The highest BCUT2D eigenvalue weighted by Gasteiger charge is 2.06. The molecule has 3 aromatic rings. The standard InChI is InChI=1S/C22H21ClN2O2/c1-16-8-10-19(13-20(16)23)25-24-14-18-9-11-21(26-2)22(12-18)27-15-17-6-4-3-5-7-17/h3-14,25H,15H2,1-2H3/b24-14-. The van der Waals surface area contributed by atoms with Crippen LogP contribution in [0, 0.1) is 6.92 Å². The van der Waals surface area contributed by atoms with Gasteiger partial charge in [-0.3, -0.25) is 5.43 Å². The lowest BCUT2D eigenvalue weighted by molar-refractivity contribution is 0.284. The van der Waals surface area contributed by atoms with Crippen molar-refractivity contribution in [3.8, 4) is 11.5 Å². The van der Waals surface area contributed by atoms with Gasteiger partial charge in [0.15, 0.2) is 11.5 Å². The predicted molar refractivity (Wildman–Crippen MR) is 111 cm³/mol. The zero-order chi connectivity index (χ0) is 19.1. The number of hydrogen-bond acceptors (Lipinski definition) is 4. The lowest BCUT2D eigenvalue weighted by atomic mass is 10.2. The number of nitrogens with one attached hydrogen (secondary N) is 1. The normalized spacial score (nSPS) is 10.8. The molecule has 0 unspecified atom stereocenters. The second kappa shape index (κ2) is 9.10. The van der Waals surface area contributed by atoms with Crippen LogP contribution in [0.15, 0.2) is 71.8 Å². The molecule has 0 atom stereocenters. The molecule has 4 nitrogen and oxygen atoms in total. The van der Waals surface area contributed by atoms with E-state index in [9.17, 15) is 0 Å². The highest BCUT2D eigenvalue weighted by atomic mass is 35.5. The van der Waals surface area contributed by atoms with Crippen LogP contribution in [0.3, 0.4) is 0 Å². The number of aryl methyl sites for hydroxylation is 1. The summed E-state index contributed by atoms with van der Waals surface area (Å²) in [6.45, 7) is 2.43. The molecule has 27 heavy (non-hydrogen) atoms. The van der Waals surface area contributed by atoms with Crippen molar-refractivity contribution in [3.63, 3.8) is 0 Å². The molecule has 3 aromatic carbocycles. The summed E-state index contributed by atoms with van der Waals surface area (Å²) in [6.07, 6.45) is 1.72. The molecule has 3 rings (SSSR count). The summed E-state index contributed by atoms with van der Waals surface area (Å²) < 4.78 is 11.3. The first-order valence-electron chi connectivity index (χ1n) is 8.55. The van der Waals surface area contributed by atoms with Gasteiger partial charge in [0.05, 0.1) is 19.0 Å². The Kier molecular flexibility index (Phi) is 6.34. The van der Waals surface area contributed by atoms with Crippen LogP contribution in [0.5, 0.6) is 11.5 Å². The van der Waals surface area contributed by atoms with Gasteiger partial charge in [-0.2, -0.15) is 5.10 Å². The highest BCUT2D eigenvalue weighted by Crippen LogP contribution is 2.28. The Labute approximate surface area is 164 Å². The topological polar surface area (TPSA) is 42.8 Å². The molecule has 0 radical (unpaired) electrons. The molecule has 5 heteroatoms. The van der Waals surface area contributed by atoms with Gasteiger partial charge in [0.1, 0.15) is 6.61 Å². The monoisotopic (exact) mass is 380 g/mol. The van der Waals surface area contributed by atoms with Gasteiger partial charge in [0.25, 0.3) is 0 Å². The van der Waals surface area contributed by atoms with Crippen LogP contribution in [0.2, 0.25) is 5.02 Å². The van der Waals surface area contributed by atoms with Crippen molar-refractivity contribution in [2.75, 3.05) is 12.5 Å². The molecule has 0 bridgehead atoms. The van der Waals surface area contributed by atoms with E-state index in [1.165, 1.54) is 0 Å². The first-order valence-corrected chi connectivity index (χ1v) is 8.93. The molecular formula is C22H21ClN2O2. The van der Waals surface area contributed by atoms with Gasteiger partial charge in [-0.25, -0.2) is 0 Å². The van der Waals surface area contributed by atoms with E-state index in [1.54, 1.807) is 13.3 Å². The first-order chi connectivity index (χ1) is 13.2. The largest absolute Gasteiger partial charge is 0.493 e. The number of methoxy groups -OCH3 is 1. The van der Waals surface area contributed by atoms with Gasteiger partial charge in [-0.1, -0.05) is 48.0 Å². The summed E-state index contributed by atoms with van der Waals surface area (Å²) in [4.78, 5) is 0. The summed E-state index contributed by atoms with van der Waals surface area (Å²) in [7, 11) is 1.63. The number of ether oxygens (including phenoxy) is 2. The third-order valence-electron chi connectivity index (χ3n) is 4.00. The van der Waals surface area contributed by atoms with Crippen molar-refractivity contribution in [2.45, 2.75) is 13.5 Å². The maximum Gasteiger partial charge on any atom is 0.162 e. The van der Waals surface area contributed by atoms with Crippen LogP contribution >= 0.6 is 11.6 Å². The second-order valence-electron chi connectivity index (χ2n) is 6.02. The fourth-order valence-electron chi connectivity index (χ4n) is 2.47. The maximum atomic E-state index is 6.13. The third kappa shape index (κ3) is 5.25. The lowest BCUT2D eigenvalue weighted by Gasteiger charge is -2.11. The van der Waals surface area contributed by atoms with E-state index in [-0.39, 0.29) is 0 Å². The number of nitrogens with zero attached hydrogens (tertiary/aromatic N) is 1. The molecular weight excluding hydrogens is 360 g/mol. The van der Waals surface area contributed by atoms with Gasteiger partial charge in [-0.15, -0.1) is 0 Å². The van der Waals surface area contributed by atoms with E-state index in [0.29, 0.717) is 23.1 Å². The Hall–Kier alpha value is -2.98. The minimum Gasteiger partial charge on any atom is -0.493 e. The number of hydrogen-bond donors (Lipinski definition) is 1. The summed E-state index contributed by atoms with van der Waals surface area (Å²) >= 11 is 6.13. The Morgan fingerprint density at radius 2 is 1.81 bits per heavy atom.